The number of benzene rings is 1. The fourth-order valence-corrected chi connectivity index (χ4v) is 2.65. The van der Waals surface area contributed by atoms with Gasteiger partial charge >= 0.3 is 0 Å². The number of amides is 1. The van der Waals surface area contributed by atoms with Crippen molar-refractivity contribution in [2.75, 3.05) is 19.8 Å². The van der Waals surface area contributed by atoms with Gasteiger partial charge in [0.2, 0.25) is 5.91 Å². The summed E-state index contributed by atoms with van der Waals surface area (Å²) < 4.78 is 13.5. The molecule has 0 spiro atoms. The van der Waals surface area contributed by atoms with Crippen LogP contribution in [-0.4, -0.2) is 40.8 Å². The normalized spacial score (nSPS) is 11.9. The van der Waals surface area contributed by atoms with Gasteiger partial charge in [0.05, 0.1) is 36.3 Å². The summed E-state index contributed by atoms with van der Waals surface area (Å²) in [4.78, 5) is 16.3. The van der Waals surface area contributed by atoms with E-state index in [0.717, 1.165) is 35.4 Å². The first-order chi connectivity index (χ1) is 12.9. The number of carbonyl (C=O) groups excluding carboxylic acids is 1. The van der Waals surface area contributed by atoms with Crippen molar-refractivity contribution in [1.82, 2.24) is 14.9 Å². The van der Waals surface area contributed by atoms with Gasteiger partial charge in [0, 0.05) is 19.2 Å². The van der Waals surface area contributed by atoms with E-state index < -0.39 is 11.4 Å². The minimum Gasteiger partial charge on any atom is -0.494 e. The largest absolute Gasteiger partial charge is 0.494 e. The molecule has 0 aliphatic rings. The Bertz CT molecular complexity index is 755. The summed E-state index contributed by atoms with van der Waals surface area (Å²) in [5.41, 5.74) is 6.54. The highest BCUT2D eigenvalue weighted by Crippen LogP contribution is 2.23. The first-order valence-electron chi connectivity index (χ1n) is 9.63. The Balaban J connectivity index is 2.27. The lowest BCUT2D eigenvalue weighted by Gasteiger charge is -2.22. The molecule has 1 heterocycles. The van der Waals surface area contributed by atoms with E-state index in [1.807, 2.05) is 25.1 Å². The van der Waals surface area contributed by atoms with Crippen molar-refractivity contribution in [3.8, 4) is 5.75 Å². The van der Waals surface area contributed by atoms with Gasteiger partial charge in [-0.25, -0.2) is 4.98 Å². The van der Waals surface area contributed by atoms with Gasteiger partial charge in [-0.05, 0) is 39.3 Å². The van der Waals surface area contributed by atoms with E-state index in [-0.39, 0.29) is 0 Å². The zero-order valence-electron chi connectivity index (χ0n) is 16.9. The molecule has 7 nitrogen and oxygen atoms in total. The summed E-state index contributed by atoms with van der Waals surface area (Å²) in [6.45, 7) is 10.7. The Morgan fingerprint density at radius 2 is 2.07 bits per heavy atom. The molecule has 2 rings (SSSR count). The Hall–Kier alpha value is -2.12. The van der Waals surface area contributed by atoms with Gasteiger partial charge in [0.15, 0.2) is 0 Å². The highest BCUT2D eigenvalue weighted by Gasteiger charge is 2.25. The second-order valence-corrected chi connectivity index (χ2v) is 7.07. The van der Waals surface area contributed by atoms with Crippen LogP contribution in [0.1, 0.15) is 46.4 Å². The second kappa shape index (κ2) is 9.71. The number of ether oxygens (including phenoxy) is 2. The molecule has 0 saturated heterocycles. The average Bonchev–Trinajstić information content (AvgIpc) is 2.98. The predicted octanol–water partition coefficient (Wildman–Crippen LogP) is 2.61. The highest BCUT2D eigenvalue weighted by atomic mass is 16.5. The number of aromatic nitrogens is 2. The third-order valence-electron chi connectivity index (χ3n) is 4.53. The quantitative estimate of drug-likeness (QED) is 0.556. The summed E-state index contributed by atoms with van der Waals surface area (Å²) in [6.07, 6.45) is 2.12. The molecular weight excluding hydrogens is 344 g/mol. The summed E-state index contributed by atoms with van der Waals surface area (Å²) >= 11 is 0. The maximum absolute atomic E-state index is 11.6. The van der Waals surface area contributed by atoms with Crippen molar-refractivity contribution in [2.24, 2.45) is 5.73 Å². The minimum atomic E-state index is -0.808. The Morgan fingerprint density at radius 1 is 1.30 bits per heavy atom. The van der Waals surface area contributed by atoms with Crippen molar-refractivity contribution in [3.05, 3.63) is 24.0 Å². The number of hydrogen-bond donors (Lipinski definition) is 2. The van der Waals surface area contributed by atoms with Crippen LogP contribution in [-0.2, 0) is 22.6 Å². The fraction of sp³-hybridized carbons (Fsp3) is 0.600. The van der Waals surface area contributed by atoms with E-state index >= 15 is 0 Å². The number of nitrogens with zero attached hydrogens (tertiary/aromatic N) is 2. The van der Waals surface area contributed by atoms with Crippen molar-refractivity contribution in [2.45, 2.75) is 59.2 Å². The van der Waals surface area contributed by atoms with Crippen LogP contribution in [0.25, 0.3) is 11.0 Å². The molecule has 0 radical (unpaired) electrons. The zero-order valence-corrected chi connectivity index (χ0v) is 16.9. The van der Waals surface area contributed by atoms with Gasteiger partial charge in [-0.1, -0.05) is 13.3 Å². The van der Waals surface area contributed by atoms with Crippen LogP contribution in [0.2, 0.25) is 0 Å². The van der Waals surface area contributed by atoms with Crippen LogP contribution < -0.4 is 15.8 Å². The maximum Gasteiger partial charge on any atom is 0.237 e. The molecule has 0 aliphatic carbocycles. The lowest BCUT2D eigenvalue weighted by atomic mass is 10.1. The van der Waals surface area contributed by atoms with Gasteiger partial charge in [0.1, 0.15) is 11.6 Å². The maximum atomic E-state index is 11.6. The van der Waals surface area contributed by atoms with Gasteiger partial charge in [-0.3, -0.25) is 10.1 Å². The third kappa shape index (κ3) is 5.68. The van der Waals surface area contributed by atoms with Crippen LogP contribution in [0.5, 0.6) is 5.75 Å². The second-order valence-electron chi connectivity index (χ2n) is 7.07. The number of rotatable bonds is 12. The molecule has 0 atom stereocenters. The average molecular weight is 377 g/mol. The van der Waals surface area contributed by atoms with Crippen LogP contribution in [0.3, 0.4) is 0 Å². The molecule has 1 amide bonds. The first kappa shape index (κ1) is 21.2. The van der Waals surface area contributed by atoms with Crippen molar-refractivity contribution < 1.29 is 14.3 Å². The first-order valence-corrected chi connectivity index (χ1v) is 9.63. The molecule has 3 N–H and O–H groups in total. The molecule has 2 aromatic rings. The van der Waals surface area contributed by atoms with Crippen molar-refractivity contribution >= 4 is 16.9 Å². The molecular formula is C20H32N4O3. The fourth-order valence-electron chi connectivity index (χ4n) is 2.65. The SMILES string of the molecule is CCCCOc1ccc2nc(CNC(C)(C)C(N)=O)n(CCOCC)c2c1. The van der Waals surface area contributed by atoms with Gasteiger partial charge < -0.3 is 19.8 Å². The van der Waals surface area contributed by atoms with E-state index in [9.17, 15) is 4.79 Å². The number of hydrogen-bond acceptors (Lipinski definition) is 5. The number of fused-ring (bicyclic) bond motifs is 1. The molecule has 7 heteroatoms. The van der Waals surface area contributed by atoms with Crippen LogP contribution >= 0.6 is 0 Å². The summed E-state index contributed by atoms with van der Waals surface area (Å²) in [5.74, 6) is 1.28. The molecule has 27 heavy (non-hydrogen) atoms. The molecule has 0 saturated carbocycles. The minimum absolute atomic E-state index is 0.397. The van der Waals surface area contributed by atoms with Crippen LogP contribution in [0.15, 0.2) is 18.2 Å². The molecule has 0 aliphatic heterocycles. The molecule has 1 aromatic carbocycles. The van der Waals surface area contributed by atoms with E-state index in [1.165, 1.54) is 0 Å². The van der Waals surface area contributed by atoms with Crippen LogP contribution in [0, 0.1) is 0 Å². The molecule has 0 unspecified atom stereocenters. The standard InChI is InChI=1S/C20H32N4O3/c1-5-7-11-27-15-8-9-16-17(13-15)24(10-12-26-6-2)18(23-16)14-22-20(3,4)19(21)25/h8-9,13,22H,5-7,10-12,14H2,1-4H3,(H2,21,25). The Morgan fingerprint density at radius 3 is 2.74 bits per heavy atom. The molecule has 1 aromatic heterocycles. The number of primary amides is 1. The number of nitrogens with two attached hydrogens (primary N) is 1. The van der Waals surface area contributed by atoms with Gasteiger partial charge in [-0.2, -0.15) is 0 Å². The van der Waals surface area contributed by atoms with Crippen molar-refractivity contribution in [3.63, 3.8) is 0 Å². The monoisotopic (exact) mass is 376 g/mol. The number of imidazole rings is 1. The summed E-state index contributed by atoms with van der Waals surface area (Å²) in [5, 5.41) is 3.19. The topological polar surface area (TPSA) is 91.4 Å². The zero-order chi connectivity index (χ0) is 19.9. The van der Waals surface area contributed by atoms with Gasteiger partial charge in [-0.15, -0.1) is 0 Å². The van der Waals surface area contributed by atoms with Crippen LogP contribution in [0.4, 0.5) is 0 Å². The smallest absolute Gasteiger partial charge is 0.237 e. The van der Waals surface area contributed by atoms with E-state index in [0.29, 0.717) is 32.9 Å². The predicted molar refractivity (Wildman–Crippen MR) is 107 cm³/mol. The molecule has 0 fully saturated rings. The lowest BCUT2D eigenvalue weighted by molar-refractivity contribution is -0.123. The Labute approximate surface area is 161 Å². The number of unbranched alkanes of at least 4 members (excludes halogenated alkanes) is 1. The van der Waals surface area contributed by atoms with Gasteiger partial charge in [0.25, 0.3) is 0 Å². The Kier molecular flexibility index (Phi) is 7.62. The van der Waals surface area contributed by atoms with E-state index in [1.54, 1.807) is 13.8 Å². The van der Waals surface area contributed by atoms with Crippen molar-refractivity contribution in [1.29, 1.82) is 0 Å². The van der Waals surface area contributed by atoms with E-state index in [2.05, 4.69) is 16.8 Å². The number of nitrogens with one attached hydrogen (secondary N) is 1. The summed E-state index contributed by atoms with van der Waals surface area (Å²) in [7, 11) is 0. The number of carbonyl (C=O) groups is 1. The molecule has 0 bridgehead atoms. The molecule has 150 valence electrons. The van der Waals surface area contributed by atoms with E-state index in [4.69, 9.17) is 20.2 Å². The third-order valence-corrected chi connectivity index (χ3v) is 4.53. The lowest BCUT2D eigenvalue weighted by Crippen LogP contribution is -2.50. The highest BCUT2D eigenvalue weighted by molar-refractivity contribution is 5.83. The summed E-state index contributed by atoms with van der Waals surface area (Å²) in [6, 6.07) is 5.94.